The fraction of sp³-hybridized carbons (Fsp3) is 0.278. The number of carbonyl (C=O) groups excluding carboxylic acids is 1. The minimum atomic E-state index is -4.69. The van der Waals surface area contributed by atoms with Gasteiger partial charge in [0, 0.05) is 36.5 Å². The Hall–Kier alpha value is -5.37. The summed E-state index contributed by atoms with van der Waals surface area (Å²) < 4.78 is 80.9. The molecule has 2 N–H and O–H groups in total. The summed E-state index contributed by atoms with van der Waals surface area (Å²) in [6, 6.07) is 25.6. The third-order valence-electron chi connectivity index (χ3n) is 8.29. The molecule has 1 amide bonds. The first kappa shape index (κ1) is 36.9. The van der Waals surface area contributed by atoms with Crippen LogP contribution in [0, 0.1) is 0 Å². The minimum absolute atomic E-state index is 0.0138. The number of azide groups is 1. The molecule has 4 aromatic carbocycles. The molecule has 0 spiro atoms. The molecule has 0 bridgehead atoms. The maximum Gasteiger partial charge on any atom is 0.416 e. The van der Waals surface area contributed by atoms with Crippen LogP contribution in [-0.4, -0.2) is 49.8 Å². The highest BCUT2D eigenvalue weighted by Gasteiger charge is 2.54. The van der Waals surface area contributed by atoms with Crippen molar-refractivity contribution in [1.82, 2.24) is 5.32 Å². The third kappa shape index (κ3) is 8.69. The second-order valence-electron chi connectivity index (χ2n) is 11.6. The number of ether oxygens (including phenoxy) is 2. The fourth-order valence-electron chi connectivity index (χ4n) is 5.70. The normalized spacial score (nSPS) is 17.2. The highest BCUT2D eigenvalue weighted by molar-refractivity contribution is 7.91. The first-order valence-electron chi connectivity index (χ1n) is 15.9. The van der Waals surface area contributed by atoms with E-state index in [0.717, 1.165) is 6.07 Å². The number of carbonyl (C=O) groups is 1. The molecule has 5 rings (SSSR count). The first-order chi connectivity index (χ1) is 24.5. The zero-order valence-corrected chi connectivity index (χ0v) is 28.0. The number of hydrogen-bond donors (Lipinski definition) is 2. The molecule has 51 heavy (non-hydrogen) atoms. The summed E-state index contributed by atoms with van der Waals surface area (Å²) in [7, 11) is -4.00. The van der Waals surface area contributed by atoms with Crippen LogP contribution in [0.5, 0.6) is 5.75 Å². The molecule has 15 heteroatoms. The van der Waals surface area contributed by atoms with Gasteiger partial charge in [0.1, 0.15) is 5.75 Å². The van der Waals surface area contributed by atoms with Crippen molar-refractivity contribution in [2.45, 2.75) is 48.6 Å². The van der Waals surface area contributed by atoms with Gasteiger partial charge in [0.15, 0.2) is 21.5 Å². The summed E-state index contributed by atoms with van der Waals surface area (Å²) in [5.41, 5.74) is 7.15. The summed E-state index contributed by atoms with van der Waals surface area (Å²) >= 11 is 0. The molecule has 11 nitrogen and oxygen atoms in total. The summed E-state index contributed by atoms with van der Waals surface area (Å²) in [6.45, 7) is -0.453. The number of benzene rings is 4. The van der Waals surface area contributed by atoms with Crippen molar-refractivity contribution in [3.63, 3.8) is 0 Å². The Morgan fingerprint density at radius 1 is 0.980 bits per heavy atom. The molecule has 0 fully saturated rings. The van der Waals surface area contributed by atoms with E-state index in [1.807, 2.05) is 0 Å². The second-order valence-corrected chi connectivity index (χ2v) is 13.7. The molecule has 266 valence electrons. The van der Waals surface area contributed by atoms with Crippen LogP contribution in [-0.2, 0) is 38.6 Å². The number of nitrogens with one attached hydrogen (secondary N) is 1. The Labute approximate surface area is 292 Å². The van der Waals surface area contributed by atoms with Crippen LogP contribution < -0.4 is 10.1 Å². The molecular formula is C36H34F3N5O6S. The quantitative estimate of drug-likeness (QED) is 0.0600. The number of aliphatic imine (C=N–C) groups is 1. The molecule has 4 aromatic rings. The van der Waals surface area contributed by atoms with Gasteiger partial charge in [-0.3, -0.25) is 4.79 Å². The number of halogens is 3. The van der Waals surface area contributed by atoms with Gasteiger partial charge in [-0.15, -0.1) is 0 Å². The van der Waals surface area contributed by atoms with Crippen LogP contribution in [0.3, 0.4) is 0 Å². The predicted octanol–water partition coefficient (Wildman–Crippen LogP) is 6.71. The first-order valence-corrected chi connectivity index (χ1v) is 17.5. The lowest BCUT2D eigenvalue weighted by Gasteiger charge is -2.31. The third-order valence-corrected chi connectivity index (χ3v) is 10.0. The average molecular weight is 722 g/mol. The van der Waals surface area contributed by atoms with E-state index in [2.05, 4.69) is 15.3 Å². The lowest BCUT2D eigenvalue weighted by atomic mass is 9.83. The van der Waals surface area contributed by atoms with Crippen molar-refractivity contribution >= 4 is 21.6 Å². The van der Waals surface area contributed by atoms with Crippen molar-refractivity contribution in [3.8, 4) is 5.75 Å². The van der Waals surface area contributed by atoms with Crippen molar-refractivity contribution in [3.05, 3.63) is 141 Å². The van der Waals surface area contributed by atoms with E-state index in [0.29, 0.717) is 28.9 Å². The van der Waals surface area contributed by atoms with Crippen LogP contribution in [0.1, 0.15) is 46.8 Å². The van der Waals surface area contributed by atoms with E-state index in [-0.39, 0.29) is 36.1 Å². The summed E-state index contributed by atoms with van der Waals surface area (Å²) in [5, 5.41) is 15.3. The number of nitrogens with zero attached hydrogens (tertiary/aromatic N) is 4. The SMILES string of the molecule is [N-]=[N+]=NCc1ccccc1[C@H]1OC(c2ccc(OCCCO)cc2)=N[C@@]1(CCS(=O)(=O)c1ccccc1)C(=O)NCc1ccccc1C(F)(F)F. The topological polar surface area (TPSA) is 163 Å². The van der Waals surface area contributed by atoms with E-state index < -0.39 is 57.8 Å². The van der Waals surface area contributed by atoms with E-state index >= 15 is 0 Å². The molecule has 0 saturated heterocycles. The average Bonchev–Trinajstić information content (AvgIpc) is 3.53. The van der Waals surface area contributed by atoms with Gasteiger partial charge in [-0.05, 0) is 64.7 Å². The Bertz CT molecular complexity index is 2020. The number of alkyl halides is 3. The number of rotatable bonds is 15. The van der Waals surface area contributed by atoms with Crippen LogP contribution in [0.25, 0.3) is 10.4 Å². The van der Waals surface area contributed by atoms with Gasteiger partial charge < -0.3 is 19.9 Å². The highest BCUT2D eigenvalue weighted by Crippen LogP contribution is 2.44. The summed E-state index contributed by atoms with van der Waals surface area (Å²) in [5.74, 6) is -0.979. The number of amides is 1. The number of aliphatic hydroxyl groups excluding tert-OH is 1. The van der Waals surface area contributed by atoms with E-state index in [4.69, 9.17) is 25.1 Å². The maximum absolute atomic E-state index is 14.5. The highest BCUT2D eigenvalue weighted by atomic mass is 32.2. The van der Waals surface area contributed by atoms with Crippen LogP contribution in [0.4, 0.5) is 13.2 Å². The lowest BCUT2D eigenvalue weighted by molar-refractivity contribution is -0.138. The van der Waals surface area contributed by atoms with Crippen LogP contribution in [0.15, 0.2) is 118 Å². The zero-order valence-electron chi connectivity index (χ0n) is 27.2. The van der Waals surface area contributed by atoms with Crippen LogP contribution in [0.2, 0.25) is 0 Å². The van der Waals surface area contributed by atoms with E-state index in [9.17, 15) is 26.4 Å². The maximum atomic E-state index is 14.5. The van der Waals surface area contributed by atoms with E-state index in [1.165, 1.54) is 30.3 Å². The summed E-state index contributed by atoms with van der Waals surface area (Å²) in [4.78, 5) is 22.2. The standard InChI is InChI=1S/C36H34F3N5O6S/c37-36(38,39)31-14-7-5-10-27(31)23-41-34(46)35(19-22-51(47,48)29-11-2-1-3-12-29)32(30-13-6-4-9-26(30)24-42-44-40)50-33(43-35)25-15-17-28(18-16-25)49-21-8-20-45/h1-7,9-18,32,45H,8,19-24H2,(H,41,46)/t32-,35-/m1/s1. The largest absolute Gasteiger partial charge is 0.494 e. The number of sulfone groups is 1. The van der Waals surface area contributed by atoms with Gasteiger partial charge >= 0.3 is 6.18 Å². The van der Waals surface area contributed by atoms with Gasteiger partial charge in [0.2, 0.25) is 5.90 Å². The van der Waals surface area contributed by atoms with E-state index in [1.54, 1.807) is 66.7 Å². The van der Waals surface area contributed by atoms with Gasteiger partial charge in [-0.2, -0.15) is 13.2 Å². The van der Waals surface area contributed by atoms with Crippen molar-refractivity contribution in [1.29, 1.82) is 0 Å². The smallest absolute Gasteiger partial charge is 0.416 e. The van der Waals surface area contributed by atoms with Crippen molar-refractivity contribution < 1.29 is 41.0 Å². The molecule has 0 saturated carbocycles. The molecule has 0 aliphatic carbocycles. The number of hydrogen-bond acceptors (Lipinski definition) is 8. The monoisotopic (exact) mass is 721 g/mol. The Kier molecular flexibility index (Phi) is 11.7. The molecule has 1 aliphatic rings. The molecular weight excluding hydrogens is 687 g/mol. The van der Waals surface area contributed by atoms with Gasteiger partial charge in [0.05, 0.1) is 29.4 Å². The lowest BCUT2D eigenvalue weighted by Crippen LogP contribution is -2.49. The molecule has 0 unspecified atom stereocenters. The second kappa shape index (κ2) is 16.1. The molecule has 1 aliphatic heterocycles. The Morgan fingerprint density at radius 3 is 2.33 bits per heavy atom. The molecule has 0 aromatic heterocycles. The Balaban J connectivity index is 1.62. The predicted molar refractivity (Wildman–Crippen MR) is 182 cm³/mol. The van der Waals surface area contributed by atoms with Crippen molar-refractivity contribution in [2.75, 3.05) is 19.0 Å². The van der Waals surface area contributed by atoms with Gasteiger partial charge in [-0.25, -0.2) is 13.4 Å². The van der Waals surface area contributed by atoms with Gasteiger partial charge in [0.25, 0.3) is 5.91 Å². The molecule has 0 radical (unpaired) electrons. The number of aliphatic hydroxyl groups is 1. The summed E-state index contributed by atoms with van der Waals surface area (Å²) in [6.07, 6.45) is -5.99. The van der Waals surface area contributed by atoms with Crippen LogP contribution >= 0.6 is 0 Å². The molecule has 2 atom stereocenters. The zero-order chi connectivity index (χ0) is 36.5. The van der Waals surface area contributed by atoms with Gasteiger partial charge in [-0.1, -0.05) is 65.8 Å². The fourth-order valence-corrected chi connectivity index (χ4v) is 7.09. The molecule has 1 heterocycles. The Morgan fingerprint density at radius 2 is 1.65 bits per heavy atom. The minimum Gasteiger partial charge on any atom is -0.494 e. The van der Waals surface area contributed by atoms with Crippen molar-refractivity contribution in [2.24, 2.45) is 10.1 Å².